The van der Waals surface area contributed by atoms with Crippen molar-refractivity contribution in [2.24, 2.45) is 5.73 Å². The van der Waals surface area contributed by atoms with Gasteiger partial charge in [-0.25, -0.2) is 4.98 Å². The number of anilines is 1. The van der Waals surface area contributed by atoms with Crippen LogP contribution in [-0.4, -0.2) is 34.7 Å². The van der Waals surface area contributed by atoms with Gasteiger partial charge in [0.15, 0.2) is 0 Å². The highest BCUT2D eigenvalue weighted by atomic mass is 16.5. The van der Waals surface area contributed by atoms with Crippen LogP contribution in [0.3, 0.4) is 0 Å². The van der Waals surface area contributed by atoms with E-state index in [9.17, 15) is 4.79 Å². The van der Waals surface area contributed by atoms with Crippen LogP contribution in [0.15, 0.2) is 30.5 Å². The molecule has 0 radical (unpaired) electrons. The maximum Gasteiger partial charge on any atom is 0.293 e. The number of benzene rings is 1. The van der Waals surface area contributed by atoms with Crippen molar-refractivity contribution in [3.63, 3.8) is 0 Å². The molecule has 1 aromatic carbocycles. The number of methoxy groups -OCH3 is 1. The third-order valence-electron chi connectivity index (χ3n) is 5.09. The van der Waals surface area contributed by atoms with Crippen molar-refractivity contribution < 1.29 is 14.3 Å². The summed E-state index contributed by atoms with van der Waals surface area (Å²) in [6.45, 7) is 2.67. The van der Waals surface area contributed by atoms with Gasteiger partial charge in [-0.3, -0.25) is 10.5 Å². The SMILES string of the molecule is COCc1ccc(NC(=O)c2nc(OCN)c3c(C4(C)CC4)c[nH]c3n2)cc1. The number of ether oxygens (including phenoxy) is 2. The number of aromatic nitrogens is 3. The molecular formula is C20H23N5O3. The van der Waals surface area contributed by atoms with Gasteiger partial charge in [-0.05, 0) is 41.5 Å². The number of H-pyrrole nitrogens is 1. The number of nitrogens with one attached hydrogen (secondary N) is 2. The van der Waals surface area contributed by atoms with E-state index >= 15 is 0 Å². The summed E-state index contributed by atoms with van der Waals surface area (Å²) in [5, 5.41) is 3.60. The largest absolute Gasteiger partial charge is 0.461 e. The lowest BCUT2D eigenvalue weighted by Gasteiger charge is -2.11. The lowest BCUT2D eigenvalue weighted by Crippen LogP contribution is -2.18. The first-order chi connectivity index (χ1) is 13.5. The fourth-order valence-electron chi connectivity index (χ4n) is 3.26. The van der Waals surface area contributed by atoms with Crippen molar-refractivity contribution in [1.29, 1.82) is 0 Å². The number of carbonyl (C=O) groups excluding carboxylic acids is 1. The lowest BCUT2D eigenvalue weighted by atomic mass is 9.99. The Morgan fingerprint density at radius 3 is 2.68 bits per heavy atom. The van der Waals surface area contributed by atoms with Crippen molar-refractivity contribution >= 4 is 22.6 Å². The zero-order chi connectivity index (χ0) is 19.7. The van der Waals surface area contributed by atoms with E-state index in [4.69, 9.17) is 15.2 Å². The van der Waals surface area contributed by atoms with Crippen molar-refractivity contribution in [3.8, 4) is 5.88 Å². The quantitative estimate of drug-likeness (QED) is 0.542. The van der Waals surface area contributed by atoms with Gasteiger partial charge in [-0.1, -0.05) is 19.1 Å². The van der Waals surface area contributed by atoms with Gasteiger partial charge in [0.1, 0.15) is 12.4 Å². The fraction of sp³-hybridized carbons (Fsp3) is 0.350. The molecule has 0 bridgehead atoms. The van der Waals surface area contributed by atoms with E-state index in [-0.39, 0.29) is 18.0 Å². The molecule has 8 heteroatoms. The Morgan fingerprint density at radius 1 is 1.29 bits per heavy atom. The molecule has 146 valence electrons. The van der Waals surface area contributed by atoms with Crippen LogP contribution in [0.5, 0.6) is 5.88 Å². The maximum absolute atomic E-state index is 12.7. The number of fused-ring (bicyclic) bond motifs is 1. The molecule has 28 heavy (non-hydrogen) atoms. The minimum Gasteiger partial charge on any atom is -0.461 e. The number of hydrogen-bond acceptors (Lipinski definition) is 6. The Balaban J connectivity index is 1.63. The van der Waals surface area contributed by atoms with Gasteiger partial charge in [0.05, 0.1) is 12.0 Å². The molecule has 0 aliphatic heterocycles. The number of hydrogen-bond donors (Lipinski definition) is 3. The van der Waals surface area contributed by atoms with E-state index in [2.05, 4.69) is 27.2 Å². The van der Waals surface area contributed by atoms with Gasteiger partial charge in [-0.2, -0.15) is 4.98 Å². The summed E-state index contributed by atoms with van der Waals surface area (Å²) in [6.07, 6.45) is 4.12. The van der Waals surface area contributed by atoms with Crippen molar-refractivity contribution in [2.75, 3.05) is 19.2 Å². The lowest BCUT2D eigenvalue weighted by molar-refractivity contribution is 0.101. The fourth-order valence-corrected chi connectivity index (χ4v) is 3.26. The van der Waals surface area contributed by atoms with Gasteiger partial charge in [0.2, 0.25) is 11.7 Å². The Kier molecular flexibility index (Phi) is 4.74. The summed E-state index contributed by atoms with van der Waals surface area (Å²) in [4.78, 5) is 24.6. The maximum atomic E-state index is 12.7. The van der Waals surface area contributed by atoms with Crippen LogP contribution in [0.25, 0.3) is 11.0 Å². The molecule has 2 heterocycles. The van der Waals surface area contributed by atoms with Gasteiger partial charge in [0.25, 0.3) is 5.91 Å². The summed E-state index contributed by atoms with van der Waals surface area (Å²) in [6, 6.07) is 7.39. The molecule has 1 fully saturated rings. The minimum atomic E-state index is -0.419. The molecule has 3 aromatic rings. The summed E-state index contributed by atoms with van der Waals surface area (Å²) < 4.78 is 10.6. The highest BCUT2D eigenvalue weighted by molar-refractivity contribution is 6.03. The van der Waals surface area contributed by atoms with Gasteiger partial charge < -0.3 is 19.8 Å². The van der Waals surface area contributed by atoms with E-state index in [0.717, 1.165) is 29.4 Å². The smallest absolute Gasteiger partial charge is 0.293 e. The minimum absolute atomic E-state index is 0.0197. The van der Waals surface area contributed by atoms with Crippen LogP contribution in [-0.2, 0) is 16.8 Å². The molecule has 2 aromatic heterocycles. The Hall–Kier alpha value is -2.97. The average Bonchev–Trinajstić information content (AvgIpc) is 3.27. The molecule has 4 N–H and O–H groups in total. The number of nitrogens with zero attached hydrogens (tertiary/aromatic N) is 2. The van der Waals surface area contributed by atoms with Crippen LogP contribution in [0.1, 0.15) is 41.5 Å². The summed E-state index contributed by atoms with van der Waals surface area (Å²) in [5.74, 6) is -0.0687. The van der Waals surface area contributed by atoms with Crippen LogP contribution < -0.4 is 15.8 Å². The second kappa shape index (κ2) is 7.21. The van der Waals surface area contributed by atoms with E-state index in [1.807, 2.05) is 30.5 Å². The highest BCUT2D eigenvalue weighted by Crippen LogP contribution is 2.50. The van der Waals surface area contributed by atoms with Crippen molar-refractivity contribution in [1.82, 2.24) is 15.0 Å². The summed E-state index contributed by atoms with van der Waals surface area (Å²) >= 11 is 0. The first-order valence-electron chi connectivity index (χ1n) is 9.16. The Labute approximate surface area is 162 Å². The molecule has 1 aliphatic rings. The van der Waals surface area contributed by atoms with E-state index in [1.54, 1.807) is 7.11 Å². The van der Waals surface area contributed by atoms with Crippen LogP contribution in [0, 0.1) is 0 Å². The molecule has 0 unspecified atom stereocenters. The molecule has 0 spiro atoms. The second-order valence-corrected chi connectivity index (χ2v) is 7.23. The zero-order valence-corrected chi connectivity index (χ0v) is 15.9. The Bertz CT molecular complexity index is 1010. The van der Waals surface area contributed by atoms with E-state index in [1.165, 1.54) is 0 Å². The number of carbonyl (C=O) groups is 1. The monoisotopic (exact) mass is 381 g/mol. The standard InChI is InChI=1S/C20H23N5O3/c1-20(7-8-20)14-9-22-16-15(14)19(28-11-21)25-17(24-16)18(26)23-13-5-3-12(4-6-13)10-27-2/h3-6,9H,7-8,10-11,21H2,1-2H3,(H,23,26)(H,22,24,25). The van der Waals surface area contributed by atoms with Crippen molar-refractivity contribution in [3.05, 3.63) is 47.4 Å². The predicted molar refractivity (Wildman–Crippen MR) is 105 cm³/mol. The molecule has 1 aliphatic carbocycles. The van der Waals surface area contributed by atoms with Gasteiger partial charge >= 0.3 is 0 Å². The van der Waals surface area contributed by atoms with Gasteiger partial charge in [0, 0.05) is 19.0 Å². The van der Waals surface area contributed by atoms with Crippen LogP contribution >= 0.6 is 0 Å². The van der Waals surface area contributed by atoms with Crippen LogP contribution in [0.2, 0.25) is 0 Å². The van der Waals surface area contributed by atoms with E-state index in [0.29, 0.717) is 23.8 Å². The number of amides is 1. The molecule has 1 saturated carbocycles. The molecule has 4 rings (SSSR count). The molecule has 0 atom stereocenters. The number of aromatic amines is 1. The van der Waals surface area contributed by atoms with Crippen LogP contribution in [0.4, 0.5) is 5.69 Å². The second-order valence-electron chi connectivity index (χ2n) is 7.23. The molecule has 0 saturated heterocycles. The average molecular weight is 381 g/mol. The van der Waals surface area contributed by atoms with Crippen molar-refractivity contribution in [2.45, 2.75) is 31.8 Å². The third-order valence-corrected chi connectivity index (χ3v) is 5.09. The van der Waals surface area contributed by atoms with Gasteiger partial charge in [-0.15, -0.1) is 0 Å². The summed E-state index contributed by atoms with van der Waals surface area (Å²) in [5.41, 5.74) is 9.02. The Morgan fingerprint density at radius 2 is 2.04 bits per heavy atom. The summed E-state index contributed by atoms with van der Waals surface area (Å²) in [7, 11) is 1.64. The number of nitrogens with two attached hydrogens (primary N) is 1. The highest BCUT2D eigenvalue weighted by Gasteiger charge is 2.42. The number of rotatable bonds is 7. The first-order valence-corrected chi connectivity index (χ1v) is 9.16. The predicted octanol–water partition coefficient (Wildman–Crippen LogP) is 2.70. The third kappa shape index (κ3) is 3.44. The molecule has 1 amide bonds. The van der Waals surface area contributed by atoms with E-state index < -0.39 is 5.91 Å². The normalized spacial score (nSPS) is 14.8. The topological polar surface area (TPSA) is 115 Å². The zero-order valence-electron chi connectivity index (χ0n) is 15.9. The molecular weight excluding hydrogens is 358 g/mol. The first kappa shape index (κ1) is 18.4. The molecule has 8 nitrogen and oxygen atoms in total.